The minimum Gasteiger partial charge on any atom is -0.323 e. The van der Waals surface area contributed by atoms with Gasteiger partial charge in [-0.1, -0.05) is 41.4 Å². The number of likely N-dealkylation sites (tertiary alicyclic amines) is 1. The Hall–Kier alpha value is -1.62. The van der Waals surface area contributed by atoms with Crippen LogP contribution in [0.5, 0.6) is 0 Å². The van der Waals surface area contributed by atoms with E-state index in [1.54, 1.807) is 24.3 Å². The maximum atomic E-state index is 13.7. The summed E-state index contributed by atoms with van der Waals surface area (Å²) < 4.78 is 13.7. The van der Waals surface area contributed by atoms with Crippen molar-refractivity contribution in [1.82, 2.24) is 4.90 Å². The molecule has 1 aliphatic rings. The van der Waals surface area contributed by atoms with Gasteiger partial charge in [-0.2, -0.15) is 0 Å². The summed E-state index contributed by atoms with van der Waals surface area (Å²) in [5, 5.41) is 3.94. The van der Waals surface area contributed by atoms with Gasteiger partial charge in [0.25, 0.3) is 0 Å². The Morgan fingerprint density at radius 3 is 2.80 bits per heavy atom. The summed E-state index contributed by atoms with van der Waals surface area (Å²) in [5.41, 5.74) is 1.21. The normalized spacial score (nSPS) is 18.1. The summed E-state index contributed by atoms with van der Waals surface area (Å²) in [6.45, 7) is 2.20. The third-order valence-electron chi connectivity index (χ3n) is 4.42. The molecule has 132 valence electrons. The van der Waals surface area contributed by atoms with Gasteiger partial charge in [-0.25, -0.2) is 4.39 Å². The molecule has 1 unspecified atom stereocenters. The highest BCUT2D eigenvalue weighted by Gasteiger charge is 2.26. The first-order chi connectivity index (χ1) is 12.0. The third-order valence-corrected chi connectivity index (χ3v) is 5.00. The number of amides is 1. The highest BCUT2D eigenvalue weighted by Crippen LogP contribution is 2.25. The molecule has 1 N–H and O–H groups in total. The number of piperidine rings is 1. The van der Waals surface area contributed by atoms with E-state index in [0.29, 0.717) is 23.1 Å². The minimum atomic E-state index is -0.420. The van der Waals surface area contributed by atoms with Crippen LogP contribution in [-0.2, 0) is 11.3 Å². The summed E-state index contributed by atoms with van der Waals surface area (Å²) >= 11 is 12.2. The van der Waals surface area contributed by atoms with Crippen LogP contribution in [0.3, 0.4) is 0 Å². The van der Waals surface area contributed by atoms with Gasteiger partial charge in [0, 0.05) is 23.1 Å². The number of nitrogens with one attached hydrogen (secondary N) is 1. The molecule has 2 aromatic rings. The van der Waals surface area contributed by atoms with Crippen LogP contribution in [0, 0.1) is 11.7 Å². The van der Waals surface area contributed by atoms with Gasteiger partial charge < -0.3 is 5.32 Å². The van der Waals surface area contributed by atoms with Gasteiger partial charge in [0.1, 0.15) is 5.82 Å². The van der Waals surface area contributed by atoms with Crippen LogP contribution in [0.2, 0.25) is 10.0 Å². The largest absolute Gasteiger partial charge is 0.323 e. The second kappa shape index (κ2) is 8.17. The number of para-hydroxylation sites is 1. The first-order valence-corrected chi connectivity index (χ1v) is 9.00. The molecule has 1 heterocycles. The molecule has 0 aliphatic carbocycles. The molecule has 6 heteroatoms. The SMILES string of the molecule is O=C(Nc1ccccc1F)C1CCCN(Cc2ccc(Cl)cc2Cl)C1. The van der Waals surface area contributed by atoms with Crippen LogP contribution in [0.25, 0.3) is 0 Å². The zero-order chi connectivity index (χ0) is 17.8. The maximum Gasteiger partial charge on any atom is 0.228 e. The molecule has 1 saturated heterocycles. The Morgan fingerprint density at radius 2 is 2.04 bits per heavy atom. The van der Waals surface area contributed by atoms with Crippen molar-refractivity contribution in [3.63, 3.8) is 0 Å². The molecule has 0 bridgehead atoms. The van der Waals surface area contributed by atoms with E-state index in [1.165, 1.54) is 6.07 Å². The predicted octanol–water partition coefficient (Wildman–Crippen LogP) is 4.98. The molecule has 0 spiro atoms. The number of hydrogen-bond donors (Lipinski definition) is 1. The predicted molar refractivity (Wildman–Crippen MR) is 99.5 cm³/mol. The van der Waals surface area contributed by atoms with E-state index >= 15 is 0 Å². The lowest BCUT2D eigenvalue weighted by molar-refractivity contribution is -0.121. The Kier molecular flexibility index (Phi) is 5.94. The molecule has 0 aromatic heterocycles. The fraction of sp³-hybridized carbons (Fsp3) is 0.316. The number of anilines is 1. The maximum absolute atomic E-state index is 13.7. The van der Waals surface area contributed by atoms with Gasteiger partial charge in [-0.15, -0.1) is 0 Å². The standard InChI is InChI=1S/C19H19Cl2FN2O/c20-15-8-7-13(16(21)10-15)11-24-9-3-4-14(12-24)19(25)23-18-6-2-1-5-17(18)22/h1-2,5-8,10,14H,3-4,9,11-12H2,(H,23,25). The van der Waals surface area contributed by atoms with Crippen molar-refractivity contribution in [3.05, 3.63) is 63.9 Å². The van der Waals surface area contributed by atoms with Crippen molar-refractivity contribution < 1.29 is 9.18 Å². The first-order valence-electron chi connectivity index (χ1n) is 8.24. The number of benzene rings is 2. The van der Waals surface area contributed by atoms with Crippen LogP contribution in [0.4, 0.5) is 10.1 Å². The molecule has 2 aromatic carbocycles. The van der Waals surface area contributed by atoms with E-state index in [2.05, 4.69) is 10.2 Å². The van der Waals surface area contributed by atoms with Crippen LogP contribution < -0.4 is 5.32 Å². The van der Waals surface area contributed by atoms with E-state index in [9.17, 15) is 9.18 Å². The van der Waals surface area contributed by atoms with Crippen LogP contribution in [0.15, 0.2) is 42.5 Å². The van der Waals surface area contributed by atoms with E-state index in [0.717, 1.165) is 24.9 Å². The number of rotatable bonds is 4. The molecule has 1 aliphatic heterocycles. The van der Waals surface area contributed by atoms with Gasteiger partial charge in [-0.3, -0.25) is 9.69 Å². The molecule has 0 saturated carbocycles. The molecule has 1 atom stereocenters. The topological polar surface area (TPSA) is 32.3 Å². The Labute approximate surface area is 156 Å². The van der Waals surface area contributed by atoms with Crippen molar-refractivity contribution in [3.8, 4) is 0 Å². The van der Waals surface area contributed by atoms with E-state index in [1.807, 2.05) is 12.1 Å². The second-order valence-corrected chi connectivity index (χ2v) is 7.12. The molecule has 1 amide bonds. The average molecular weight is 381 g/mol. The monoisotopic (exact) mass is 380 g/mol. The molecule has 3 nitrogen and oxygen atoms in total. The molecule has 25 heavy (non-hydrogen) atoms. The highest BCUT2D eigenvalue weighted by molar-refractivity contribution is 6.35. The lowest BCUT2D eigenvalue weighted by atomic mass is 9.96. The van der Waals surface area contributed by atoms with E-state index in [-0.39, 0.29) is 17.5 Å². The summed E-state index contributed by atoms with van der Waals surface area (Å²) in [7, 11) is 0. The van der Waals surface area contributed by atoms with E-state index in [4.69, 9.17) is 23.2 Å². The lowest BCUT2D eigenvalue weighted by Crippen LogP contribution is -2.40. The molecular formula is C19H19Cl2FN2O. The van der Waals surface area contributed by atoms with Crippen LogP contribution in [-0.4, -0.2) is 23.9 Å². The molecule has 1 fully saturated rings. The fourth-order valence-corrected chi connectivity index (χ4v) is 3.57. The van der Waals surface area contributed by atoms with Crippen molar-refractivity contribution >= 4 is 34.8 Å². The van der Waals surface area contributed by atoms with Gasteiger partial charge in [0.2, 0.25) is 5.91 Å². The van der Waals surface area contributed by atoms with Crippen molar-refractivity contribution in [1.29, 1.82) is 0 Å². The molecule has 3 rings (SSSR count). The van der Waals surface area contributed by atoms with Crippen molar-refractivity contribution in [2.45, 2.75) is 19.4 Å². The molecule has 0 radical (unpaired) electrons. The molecular weight excluding hydrogens is 362 g/mol. The minimum absolute atomic E-state index is 0.142. The average Bonchev–Trinajstić information content (AvgIpc) is 2.60. The van der Waals surface area contributed by atoms with Gasteiger partial charge in [-0.05, 0) is 49.2 Å². The fourth-order valence-electron chi connectivity index (χ4n) is 3.10. The third kappa shape index (κ3) is 4.72. The number of halogens is 3. The first kappa shape index (κ1) is 18.2. The zero-order valence-electron chi connectivity index (χ0n) is 13.6. The summed E-state index contributed by atoms with van der Waals surface area (Å²) in [5.74, 6) is -0.729. The van der Waals surface area contributed by atoms with Crippen LogP contribution >= 0.6 is 23.2 Å². The van der Waals surface area contributed by atoms with Crippen LogP contribution in [0.1, 0.15) is 18.4 Å². The number of carbonyl (C=O) groups excluding carboxylic acids is 1. The zero-order valence-corrected chi connectivity index (χ0v) is 15.2. The van der Waals surface area contributed by atoms with Crippen molar-refractivity contribution in [2.75, 3.05) is 18.4 Å². The quantitative estimate of drug-likeness (QED) is 0.810. The number of carbonyl (C=O) groups is 1. The van der Waals surface area contributed by atoms with Gasteiger partial charge in [0.15, 0.2) is 0 Å². The highest BCUT2D eigenvalue weighted by atomic mass is 35.5. The summed E-state index contributed by atoms with van der Waals surface area (Å²) in [4.78, 5) is 14.7. The Morgan fingerprint density at radius 1 is 1.24 bits per heavy atom. The van der Waals surface area contributed by atoms with Gasteiger partial charge in [0.05, 0.1) is 11.6 Å². The second-order valence-electron chi connectivity index (χ2n) is 6.28. The Bertz CT molecular complexity index is 769. The van der Waals surface area contributed by atoms with E-state index < -0.39 is 5.82 Å². The summed E-state index contributed by atoms with van der Waals surface area (Å²) in [6.07, 6.45) is 1.71. The van der Waals surface area contributed by atoms with Gasteiger partial charge >= 0.3 is 0 Å². The summed E-state index contributed by atoms with van der Waals surface area (Å²) in [6, 6.07) is 11.7. The number of hydrogen-bond acceptors (Lipinski definition) is 2. The Balaban J connectivity index is 1.62. The lowest BCUT2D eigenvalue weighted by Gasteiger charge is -2.32. The number of nitrogens with zero attached hydrogens (tertiary/aromatic N) is 1. The smallest absolute Gasteiger partial charge is 0.228 e. The van der Waals surface area contributed by atoms with Crippen molar-refractivity contribution in [2.24, 2.45) is 5.92 Å².